The first-order valence-corrected chi connectivity index (χ1v) is 7.20. The second-order valence-corrected chi connectivity index (χ2v) is 6.60. The molecule has 3 N–H and O–H groups in total. The third-order valence-electron chi connectivity index (χ3n) is 3.33. The quantitative estimate of drug-likeness (QED) is 0.788. The zero-order valence-corrected chi connectivity index (χ0v) is 12.8. The topological polar surface area (TPSA) is 78.0 Å². The summed E-state index contributed by atoms with van der Waals surface area (Å²) in [5.41, 5.74) is 1.77. The molecule has 0 fully saturated rings. The molecule has 5 nitrogen and oxygen atoms in total. The van der Waals surface area contributed by atoms with Gasteiger partial charge in [-0.25, -0.2) is 4.98 Å². The van der Waals surface area contributed by atoms with Gasteiger partial charge >= 0.3 is 0 Å². The molecule has 1 unspecified atom stereocenters. The molecule has 114 valence electrons. The number of carbonyl (C=O) groups excluding carboxylic acids is 1. The van der Waals surface area contributed by atoms with Gasteiger partial charge in [-0.2, -0.15) is 0 Å². The molecule has 1 atom stereocenters. The molecule has 2 rings (SSSR count). The van der Waals surface area contributed by atoms with Gasteiger partial charge in [0.15, 0.2) is 0 Å². The van der Waals surface area contributed by atoms with Crippen molar-refractivity contribution in [3.8, 4) is 0 Å². The summed E-state index contributed by atoms with van der Waals surface area (Å²) < 4.78 is 0. The molecule has 21 heavy (non-hydrogen) atoms. The van der Waals surface area contributed by atoms with Gasteiger partial charge in [0.25, 0.3) is 0 Å². The van der Waals surface area contributed by atoms with Crippen molar-refractivity contribution in [1.29, 1.82) is 0 Å². The van der Waals surface area contributed by atoms with Gasteiger partial charge in [0.05, 0.1) is 19.1 Å². The average molecular weight is 289 g/mol. The number of pyridine rings is 1. The Hall–Kier alpha value is -1.88. The van der Waals surface area contributed by atoms with Crippen molar-refractivity contribution < 1.29 is 9.90 Å². The highest BCUT2D eigenvalue weighted by Gasteiger charge is 2.20. The van der Waals surface area contributed by atoms with Crippen molar-refractivity contribution in [2.24, 2.45) is 5.41 Å². The van der Waals surface area contributed by atoms with Gasteiger partial charge in [0.2, 0.25) is 5.91 Å². The second-order valence-electron chi connectivity index (χ2n) is 6.60. The molecule has 2 aromatic heterocycles. The molecule has 0 saturated carbocycles. The number of amides is 1. The van der Waals surface area contributed by atoms with Gasteiger partial charge in [0, 0.05) is 17.8 Å². The number of aliphatic hydroxyl groups excluding tert-OH is 1. The van der Waals surface area contributed by atoms with E-state index in [9.17, 15) is 9.90 Å². The predicted molar refractivity (Wildman–Crippen MR) is 82.9 cm³/mol. The summed E-state index contributed by atoms with van der Waals surface area (Å²) in [6.07, 6.45) is 4.56. The van der Waals surface area contributed by atoms with Gasteiger partial charge in [-0.1, -0.05) is 20.8 Å². The van der Waals surface area contributed by atoms with Crippen LogP contribution in [0.4, 0.5) is 0 Å². The van der Waals surface area contributed by atoms with Crippen molar-refractivity contribution in [1.82, 2.24) is 15.3 Å². The van der Waals surface area contributed by atoms with Gasteiger partial charge in [-0.05, 0) is 29.5 Å². The number of fused-ring (bicyclic) bond motifs is 1. The number of carbonyl (C=O) groups is 1. The van der Waals surface area contributed by atoms with E-state index in [1.165, 1.54) is 0 Å². The van der Waals surface area contributed by atoms with E-state index in [0.717, 1.165) is 23.0 Å². The Morgan fingerprint density at radius 2 is 2.24 bits per heavy atom. The van der Waals surface area contributed by atoms with Crippen LogP contribution < -0.4 is 5.32 Å². The third kappa shape index (κ3) is 4.29. The van der Waals surface area contributed by atoms with E-state index in [4.69, 9.17) is 0 Å². The van der Waals surface area contributed by atoms with Crippen LogP contribution in [0.1, 0.15) is 32.8 Å². The molecule has 2 heterocycles. The van der Waals surface area contributed by atoms with Gasteiger partial charge in [-0.15, -0.1) is 0 Å². The Morgan fingerprint density at radius 3 is 2.90 bits per heavy atom. The molecule has 0 radical (unpaired) electrons. The van der Waals surface area contributed by atoms with Crippen LogP contribution in [0.3, 0.4) is 0 Å². The lowest BCUT2D eigenvalue weighted by Gasteiger charge is -2.25. The fourth-order valence-electron chi connectivity index (χ4n) is 2.51. The first kappa shape index (κ1) is 15.5. The summed E-state index contributed by atoms with van der Waals surface area (Å²) in [7, 11) is 0. The van der Waals surface area contributed by atoms with Crippen LogP contribution in [0.15, 0.2) is 24.5 Å². The van der Waals surface area contributed by atoms with Crippen LogP contribution >= 0.6 is 0 Å². The normalized spacial score (nSPS) is 13.3. The summed E-state index contributed by atoms with van der Waals surface area (Å²) in [5, 5.41) is 13.3. The number of rotatable bonds is 5. The Bertz CT molecular complexity index is 613. The van der Waals surface area contributed by atoms with Crippen molar-refractivity contribution >= 4 is 16.9 Å². The second kappa shape index (κ2) is 6.26. The Morgan fingerprint density at radius 1 is 1.48 bits per heavy atom. The first-order valence-electron chi connectivity index (χ1n) is 7.20. The number of aromatic nitrogens is 2. The van der Waals surface area contributed by atoms with Crippen molar-refractivity contribution in [2.75, 3.05) is 6.61 Å². The summed E-state index contributed by atoms with van der Waals surface area (Å²) >= 11 is 0. The van der Waals surface area contributed by atoms with Crippen LogP contribution in [0, 0.1) is 5.41 Å². The zero-order valence-electron chi connectivity index (χ0n) is 12.8. The maximum Gasteiger partial charge on any atom is 0.224 e. The van der Waals surface area contributed by atoms with Crippen molar-refractivity contribution in [3.63, 3.8) is 0 Å². The van der Waals surface area contributed by atoms with Gasteiger partial charge in [-0.3, -0.25) is 4.79 Å². The lowest BCUT2D eigenvalue weighted by Crippen LogP contribution is -2.40. The van der Waals surface area contributed by atoms with Crippen molar-refractivity contribution in [2.45, 2.75) is 39.7 Å². The number of nitrogens with zero attached hydrogens (tertiary/aromatic N) is 1. The number of nitrogens with one attached hydrogen (secondary N) is 2. The largest absolute Gasteiger partial charge is 0.394 e. The molecule has 0 spiro atoms. The maximum absolute atomic E-state index is 12.2. The highest BCUT2D eigenvalue weighted by atomic mass is 16.3. The molecule has 0 aliphatic carbocycles. The minimum atomic E-state index is -0.208. The standard InChI is InChI=1S/C16H23N3O2/c1-16(2,3)8-12(10-20)19-14(21)7-11-9-18-15-13(11)5-4-6-17-15/h4-6,9,12,20H,7-8,10H2,1-3H3,(H,17,18)(H,19,21). The van der Waals surface area contributed by atoms with E-state index >= 15 is 0 Å². The monoisotopic (exact) mass is 289 g/mol. The fourth-order valence-corrected chi connectivity index (χ4v) is 2.51. The number of aromatic amines is 1. The predicted octanol–water partition coefficient (Wildman–Crippen LogP) is 2.02. The van der Waals surface area contributed by atoms with Crippen LogP contribution in [0.5, 0.6) is 0 Å². The van der Waals surface area contributed by atoms with Crippen LogP contribution in [0.2, 0.25) is 0 Å². The van der Waals surface area contributed by atoms with E-state index in [0.29, 0.717) is 0 Å². The Labute approximate surface area is 124 Å². The third-order valence-corrected chi connectivity index (χ3v) is 3.33. The molecule has 0 aliphatic heterocycles. The summed E-state index contributed by atoms with van der Waals surface area (Å²) in [4.78, 5) is 19.4. The lowest BCUT2D eigenvalue weighted by molar-refractivity contribution is -0.121. The fraction of sp³-hybridized carbons (Fsp3) is 0.500. The van der Waals surface area contributed by atoms with E-state index in [-0.39, 0.29) is 30.4 Å². The molecule has 0 aliphatic rings. The average Bonchev–Trinajstić information content (AvgIpc) is 2.80. The highest BCUT2D eigenvalue weighted by molar-refractivity contribution is 5.87. The van der Waals surface area contributed by atoms with E-state index in [1.807, 2.05) is 18.3 Å². The molecule has 2 aromatic rings. The highest BCUT2D eigenvalue weighted by Crippen LogP contribution is 2.21. The van der Waals surface area contributed by atoms with Crippen LogP contribution in [-0.2, 0) is 11.2 Å². The molecular formula is C16H23N3O2. The SMILES string of the molecule is CC(C)(C)CC(CO)NC(=O)Cc1c[nH]c2ncccc12. The van der Waals surface area contributed by atoms with Crippen molar-refractivity contribution in [3.05, 3.63) is 30.1 Å². The minimum Gasteiger partial charge on any atom is -0.394 e. The molecule has 0 bridgehead atoms. The zero-order chi connectivity index (χ0) is 15.5. The van der Waals surface area contributed by atoms with Gasteiger partial charge < -0.3 is 15.4 Å². The Kier molecular flexibility index (Phi) is 4.63. The molecular weight excluding hydrogens is 266 g/mol. The molecule has 0 saturated heterocycles. The molecule has 5 heteroatoms. The summed E-state index contributed by atoms with van der Waals surface area (Å²) in [6, 6.07) is 3.59. The Balaban J connectivity index is 2.01. The number of aliphatic hydroxyl groups is 1. The minimum absolute atomic E-state index is 0.0432. The van der Waals surface area contributed by atoms with E-state index in [2.05, 4.69) is 36.1 Å². The van der Waals surface area contributed by atoms with E-state index in [1.54, 1.807) is 6.20 Å². The van der Waals surface area contributed by atoms with E-state index < -0.39 is 0 Å². The number of H-pyrrole nitrogens is 1. The summed E-state index contributed by atoms with van der Waals surface area (Å²) in [5.74, 6) is -0.0805. The molecule has 0 aromatic carbocycles. The van der Waals surface area contributed by atoms with Crippen LogP contribution in [-0.4, -0.2) is 33.6 Å². The number of hydrogen-bond acceptors (Lipinski definition) is 3. The first-order chi connectivity index (χ1) is 9.89. The molecule has 1 amide bonds. The summed E-state index contributed by atoms with van der Waals surface area (Å²) in [6.45, 7) is 6.23. The van der Waals surface area contributed by atoms with Crippen LogP contribution in [0.25, 0.3) is 11.0 Å². The lowest BCUT2D eigenvalue weighted by atomic mass is 9.88. The number of hydrogen-bond donors (Lipinski definition) is 3. The maximum atomic E-state index is 12.2. The smallest absolute Gasteiger partial charge is 0.224 e. The van der Waals surface area contributed by atoms with Gasteiger partial charge in [0.1, 0.15) is 5.65 Å².